The topological polar surface area (TPSA) is 79.9 Å². The molecule has 2 aromatic carbocycles. The van der Waals surface area contributed by atoms with E-state index in [1.807, 2.05) is 38.1 Å². The van der Waals surface area contributed by atoms with Crippen LogP contribution in [0.5, 0.6) is 5.75 Å². The van der Waals surface area contributed by atoms with Crippen LogP contribution in [0.1, 0.15) is 24.2 Å². The number of imidazole rings is 1. The molecule has 0 aliphatic rings. The molecule has 2 N–H and O–H groups in total. The van der Waals surface area contributed by atoms with Crippen molar-refractivity contribution in [3.8, 4) is 17.1 Å². The minimum Gasteiger partial charge on any atom is -0.490 e. The van der Waals surface area contributed by atoms with Crippen molar-refractivity contribution >= 4 is 34.4 Å². The third-order valence-electron chi connectivity index (χ3n) is 4.22. The lowest BCUT2D eigenvalue weighted by Gasteiger charge is -2.15. The van der Waals surface area contributed by atoms with Gasteiger partial charge in [-0.05, 0) is 68.4 Å². The number of hydrogen-bond acceptors (Lipinski definition) is 4. The first kappa shape index (κ1) is 19.0. The number of ether oxygens (including phenoxy) is 1. The monoisotopic (exact) mass is 406 g/mol. The summed E-state index contributed by atoms with van der Waals surface area (Å²) in [5.41, 5.74) is 3.34. The molecule has 2 heterocycles. The largest absolute Gasteiger partial charge is 0.490 e. The fraction of sp³-hybridized carbons (Fsp3) is 0.136. The molecule has 6 nitrogen and oxygen atoms in total. The van der Waals surface area contributed by atoms with Gasteiger partial charge in [0.05, 0.1) is 11.7 Å². The number of amides is 1. The van der Waals surface area contributed by atoms with Crippen molar-refractivity contribution < 1.29 is 9.53 Å². The second kappa shape index (κ2) is 7.93. The number of fused-ring (bicyclic) bond motifs is 1. The van der Waals surface area contributed by atoms with Gasteiger partial charge >= 0.3 is 0 Å². The van der Waals surface area contributed by atoms with Crippen LogP contribution in [0.4, 0.5) is 5.69 Å². The van der Waals surface area contributed by atoms with Gasteiger partial charge in [0.15, 0.2) is 5.65 Å². The SMILES string of the molecule is CC(C)Oc1ccc(NC(=O)c2ccc(Cl)cc2)cc1-c1nc2cccnc2[nH]1. The number of rotatable bonds is 5. The summed E-state index contributed by atoms with van der Waals surface area (Å²) in [5.74, 6) is 1.07. The van der Waals surface area contributed by atoms with E-state index in [1.54, 1.807) is 36.5 Å². The maximum absolute atomic E-state index is 12.6. The highest BCUT2D eigenvalue weighted by Gasteiger charge is 2.15. The number of aromatic amines is 1. The molecule has 0 bridgehead atoms. The summed E-state index contributed by atoms with van der Waals surface area (Å²) in [6, 6.07) is 15.9. The highest BCUT2D eigenvalue weighted by Crippen LogP contribution is 2.33. The van der Waals surface area contributed by atoms with Crippen LogP contribution in [0.2, 0.25) is 5.02 Å². The Morgan fingerprint density at radius 1 is 1.14 bits per heavy atom. The highest BCUT2D eigenvalue weighted by molar-refractivity contribution is 6.30. The Hall–Kier alpha value is -3.38. The third kappa shape index (κ3) is 4.22. The number of nitrogens with zero attached hydrogens (tertiary/aromatic N) is 2. The Balaban J connectivity index is 1.70. The standard InChI is InChI=1S/C22H19ClN4O2/c1-13(2)29-19-10-9-16(25-22(28)14-5-7-15(23)8-6-14)12-17(19)20-26-18-4-3-11-24-21(18)27-20/h3-13H,1-2H3,(H,25,28)(H,24,26,27). The van der Waals surface area contributed by atoms with Gasteiger partial charge in [0, 0.05) is 22.5 Å². The van der Waals surface area contributed by atoms with E-state index in [0.717, 1.165) is 11.1 Å². The second-order valence-electron chi connectivity index (χ2n) is 6.80. The van der Waals surface area contributed by atoms with Crippen molar-refractivity contribution in [1.29, 1.82) is 0 Å². The van der Waals surface area contributed by atoms with E-state index in [0.29, 0.717) is 33.5 Å². The lowest BCUT2D eigenvalue weighted by molar-refractivity contribution is 0.102. The van der Waals surface area contributed by atoms with Crippen molar-refractivity contribution in [1.82, 2.24) is 15.0 Å². The Bertz CT molecular complexity index is 1140. The number of H-pyrrole nitrogens is 1. The molecule has 0 saturated carbocycles. The summed E-state index contributed by atoms with van der Waals surface area (Å²) in [4.78, 5) is 24.7. The summed E-state index contributed by atoms with van der Waals surface area (Å²) in [7, 11) is 0. The van der Waals surface area contributed by atoms with Gasteiger partial charge < -0.3 is 15.0 Å². The summed E-state index contributed by atoms with van der Waals surface area (Å²) < 4.78 is 5.95. The van der Waals surface area contributed by atoms with E-state index >= 15 is 0 Å². The minimum atomic E-state index is -0.226. The number of benzene rings is 2. The zero-order valence-electron chi connectivity index (χ0n) is 15.9. The minimum absolute atomic E-state index is 0.00855. The van der Waals surface area contributed by atoms with E-state index in [1.165, 1.54) is 0 Å². The molecule has 4 rings (SSSR count). The fourth-order valence-corrected chi connectivity index (χ4v) is 3.05. The molecule has 2 aromatic heterocycles. The highest BCUT2D eigenvalue weighted by atomic mass is 35.5. The van der Waals surface area contributed by atoms with Gasteiger partial charge in [-0.2, -0.15) is 0 Å². The number of carbonyl (C=O) groups is 1. The predicted molar refractivity (Wildman–Crippen MR) is 114 cm³/mol. The average Bonchev–Trinajstić information content (AvgIpc) is 3.13. The fourth-order valence-electron chi connectivity index (χ4n) is 2.93. The van der Waals surface area contributed by atoms with Crippen LogP contribution in [0.3, 0.4) is 0 Å². The van der Waals surface area contributed by atoms with Gasteiger partial charge in [-0.3, -0.25) is 4.79 Å². The quantitative estimate of drug-likeness (QED) is 0.470. The Labute approximate surface area is 172 Å². The zero-order valence-corrected chi connectivity index (χ0v) is 16.7. The molecule has 0 radical (unpaired) electrons. The van der Waals surface area contributed by atoms with Gasteiger partial charge in [-0.25, -0.2) is 9.97 Å². The number of aromatic nitrogens is 3. The van der Waals surface area contributed by atoms with Crippen molar-refractivity contribution in [3.05, 3.63) is 71.4 Å². The van der Waals surface area contributed by atoms with Gasteiger partial charge in [0.2, 0.25) is 0 Å². The van der Waals surface area contributed by atoms with Crippen LogP contribution in [0.25, 0.3) is 22.6 Å². The first-order chi connectivity index (χ1) is 14.0. The molecule has 0 fully saturated rings. The lowest BCUT2D eigenvalue weighted by atomic mass is 10.1. The van der Waals surface area contributed by atoms with Crippen molar-refractivity contribution in [2.45, 2.75) is 20.0 Å². The Kier molecular flexibility index (Phi) is 5.18. The number of pyridine rings is 1. The molecule has 0 unspecified atom stereocenters. The van der Waals surface area contributed by atoms with Crippen molar-refractivity contribution in [2.75, 3.05) is 5.32 Å². The molecular formula is C22H19ClN4O2. The zero-order chi connectivity index (χ0) is 20.4. The maximum atomic E-state index is 12.6. The smallest absolute Gasteiger partial charge is 0.255 e. The van der Waals surface area contributed by atoms with Crippen molar-refractivity contribution in [2.24, 2.45) is 0 Å². The average molecular weight is 407 g/mol. The molecule has 0 spiro atoms. The van der Waals surface area contributed by atoms with Crippen LogP contribution in [-0.4, -0.2) is 27.0 Å². The van der Waals surface area contributed by atoms with E-state index in [2.05, 4.69) is 20.3 Å². The van der Waals surface area contributed by atoms with Gasteiger partial charge in [0.1, 0.15) is 17.1 Å². The third-order valence-corrected chi connectivity index (χ3v) is 4.47. The summed E-state index contributed by atoms with van der Waals surface area (Å²) >= 11 is 5.90. The molecular weight excluding hydrogens is 388 g/mol. The molecule has 0 saturated heterocycles. The summed E-state index contributed by atoms with van der Waals surface area (Å²) in [6.07, 6.45) is 1.70. The van der Waals surface area contributed by atoms with Gasteiger partial charge in [-0.15, -0.1) is 0 Å². The van der Waals surface area contributed by atoms with Crippen LogP contribution >= 0.6 is 11.6 Å². The second-order valence-corrected chi connectivity index (χ2v) is 7.23. The molecule has 1 amide bonds. The molecule has 4 aromatic rings. The lowest BCUT2D eigenvalue weighted by Crippen LogP contribution is -2.12. The summed E-state index contributed by atoms with van der Waals surface area (Å²) in [6.45, 7) is 3.92. The normalized spacial score (nSPS) is 11.0. The number of hydrogen-bond donors (Lipinski definition) is 2. The van der Waals surface area contributed by atoms with E-state index in [4.69, 9.17) is 16.3 Å². The Morgan fingerprint density at radius 2 is 1.93 bits per heavy atom. The van der Waals surface area contributed by atoms with Crippen molar-refractivity contribution in [3.63, 3.8) is 0 Å². The van der Waals surface area contributed by atoms with Crippen LogP contribution in [0, 0.1) is 0 Å². The number of anilines is 1. The van der Waals surface area contributed by atoms with Crippen LogP contribution in [-0.2, 0) is 0 Å². The first-order valence-corrected chi connectivity index (χ1v) is 9.56. The molecule has 0 aliphatic carbocycles. The maximum Gasteiger partial charge on any atom is 0.255 e. The molecule has 7 heteroatoms. The van der Waals surface area contributed by atoms with Crippen LogP contribution in [0.15, 0.2) is 60.8 Å². The van der Waals surface area contributed by atoms with Gasteiger partial charge in [0.25, 0.3) is 5.91 Å². The number of nitrogens with one attached hydrogen (secondary N) is 2. The number of carbonyl (C=O) groups excluding carboxylic acids is 1. The van der Waals surface area contributed by atoms with E-state index < -0.39 is 0 Å². The van der Waals surface area contributed by atoms with E-state index in [-0.39, 0.29) is 12.0 Å². The molecule has 0 aliphatic heterocycles. The molecule has 0 atom stereocenters. The first-order valence-electron chi connectivity index (χ1n) is 9.18. The molecule has 29 heavy (non-hydrogen) atoms. The predicted octanol–water partition coefficient (Wildman–Crippen LogP) is 5.32. The summed E-state index contributed by atoms with van der Waals surface area (Å²) in [5, 5.41) is 3.49. The number of halogens is 1. The van der Waals surface area contributed by atoms with E-state index in [9.17, 15) is 4.79 Å². The van der Waals surface area contributed by atoms with Gasteiger partial charge in [-0.1, -0.05) is 11.6 Å². The molecule has 146 valence electrons. The van der Waals surface area contributed by atoms with Crippen LogP contribution < -0.4 is 10.1 Å². The Morgan fingerprint density at radius 3 is 2.66 bits per heavy atom.